The Hall–Kier alpha value is -1.56. The van der Waals surface area contributed by atoms with E-state index in [-0.39, 0.29) is 0 Å². The Balaban J connectivity index is 1.99. The highest BCUT2D eigenvalue weighted by Crippen LogP contribution is 2.19. The van der Waals surface area contributed by atoms with Crippen LogP contribution < -0.4 is 5.32 Å². The first-order valence-electron chi connectivity index (χ1n) is 4.92. The predicted molar refractivity (Wildman–Crippen MR) is 64.5 cm³/mol. The number of thioether (sulfide) groups is 1. The zero-order valence-electron chi connectivity index (χ0n) is 9.19. The molecule has 84 valence electrons. The molecular weight excluding hydrogens is 222 g/mol. The van der Waals surface area contributed by atoms with Crippen molar-refractivity contribution in [2.45, 2.75) is 17.8 Å². The first-order valence-corrected chi connectivity index (χ1v) is 5.91. The number of H-pyrrole nitrogens is 1. The van der Waals surface area contributed by atoms with E-state index in [1.807, 2.05) is 26.1 Å². The summed E-state index contributed by atoms with van der Waals surface area (Å²) in [6.07, 6.45) is 1.80. The van der Waals surface area contributed by atoms with Crippen molar-refractivity contribution in [2.75, 3.05) is 12.4 Å². The molecule has 2 heterocycles. The monoisotopic (exact) mass is 235 g/mol. The van der Waals surface area contributed by atoms with Crippen molar-refractivity contribution >= 4 is 17.4 Å². The SMILES string of the molecule is CNc1ccnc(CSc2n[nH]c(C)n2)c1. The zero-order valence-corrected chi connectivity index (χ0v) is 10.0. The summed E-state index contributed by atoms with van der Waals surface area (Å²) in [5, 5.41) is 10.7. The molecule has 0 aromatic carbocycles. The molecule has 0 fully saturated rings. The van der Waals surface area contributed by atoms with Gasteiger partial charge >= 0.3 is 0 Å². The third kappa shape index (κ3) is 2.73. The summed E-state index contributed by atoms with van der Waals surface area (Å²) >= 11 is 1.57. The van der Waals surface area contributed by atoms with Gasteiger partial charge in [-0.05, 0) is 19.1 Å². The van der Waals surface area contributed by atoms with Gasteiger partial charge in [0.2, 0.25) is 5.16 Å². The fraction of sp³-hybridized carbons (Fsp3) is 0.300. The summed E-state index contributed by atoms with van der Waals surface area (Å²) in [7, 11) is 1.89. The summed E-state index contributed by atoms with van der Waals surface area (Å²) < 4.78 is 0. The minimum atomic E-state index is 0.758. The zero-order chi connectivity index (χ0) is 11.4. The number of nitrogens with one attached hydrogen (secondary N) is 2. The standard InChI is InChI=1S/C10H13N5S/c1-7-13-10(15-14-7)16-6-9-5-8(11-2)3-4-12-9/h3-5H,6H2,1-2H3,(H,11,12)(H,13,14,15). The molecule has 0 saturated carbocycles. The quantitative estimate of drug-likeness (QED) is 0.792. The van der Waals surface area contributed by atoms with Gasteiger partial charge in [0.1, 0.15) is 5.82 Å². The number of anilines is 1. The van der Waals surface area contributed by atoms with Gasteiger partial charge in [-0.3, -0.25) is 10.1 Å². The molecular formula is C10H13N5S. The summed E-state index contributed by atoms with van der Waals surface area (Å²) in [6.45, 7) is 1.89. The molecule has 0 saturated heterocycles. The largest absolute Gasteiger partial charge is 0.388 e. The van der Waals surface area contributed by atoms with Crippen LogP contribution in [0.25, 0.3) is 0 Å². The third-order valence-electron chi connectivity index (χ3n) is 2.03. The van der Waals surface area contributed by atoms with E-state index in [0.29, 0.717) is 0 Å². The molecule has 0 aliphatic rings. The molecule has 2 aromatic rings. The van der Waals surface area contributed by atoms with Gasteiger partial charge in [-0.15, -0.1) is 5.10 Å². The molecule has 0 radical (unpaired) electrons. The molecule has 0 aliphatic heterocycles. The van der Waals surface area contributed by atoms with E-state index in [2.05, 4.69) is 25.5 Å². The van der Waals surface area contributed by atoms with Crippen LogP contribution in [0, 0.1) is 6.92 Å². The molecule has 0 amide bonds. The van der Waals surface area contributed by atoms with Crippen LogP contribution in [0.2, 0.25) is 0 Å². The van der Waals surface area contributed by atoms with Crippen molar-refractivity contribution in [1.82, 2.24) is 20.2 Å². The Bertz CT molecular complexity index is 468. The van der Waals surface area contributed by atoms with E-state index in [0.717, 1.165) is 28.1 Å². The minimum absolute atomic E-state index is 0.758. The molecule has 2 aromatic heterocycles. The number of aromatic amines is 1. The fourth-order valence-electron chi connectivity index (χ4n) is 1.24. The van der Waals surface area contributed by atoms with E-state index in [1.54, 1.807) is 18.0 Å². The van der Waals surface area contributed by atoms with Gasteiger partial charge in [-0.2, -0.15) is 0 Å². The maximum Gasteiger partial charge on any atom is 0.208 e. The summed E-state index contributed by atoms with van der Waals surface area (Å²) in [4.78, 5) is 8.50. The van der Waals surface area contributed by atoms with Gasteiger partial charge in [0.15, 0.2) is 0 Å². The normalized spacial score (nSPS) is 10.4. The number of hydrogen-bond acceptors (Lipinski definition) is 5. The maximum atomic E-state index is 4.28. The molecule has 2 rings (SSSR count). The second kappa shape index (κ2) is 4.98. The second-order valence-electron chi connectivity index (χ2n) is 3.28. The van der Waals surface area contributed by atoms with Gasteiger partial charge in [-0.25, -0.2) is 4.98 Å². The van der Waals surface area contributed by atoms with Crippen LogP contribution in [-0.4, -0.2) is 27.2 Å². The lowest BCUT2D eigenvalue weighted by atomic mass is 10.3. The van der Waals surface area contributed by atoms with Crippen molar-refractivity contribution in [3.05, 3.63) is 29.8 Å². The number of aromatic nitrogens is 4. The number of pyridine rings is 1. The highest BCUT2D eigenvalue weighted by Gasteiger charge is 2.02. The lowest BCUT2D eigenvalue weighted by Gasteiger charge is -2.02. The van der Waals surface area contributed by atoms with Gasteiger partial charge in [-0.1, -0.05) is 11.8 Å². The minimum Gasteiger partial charge on any atom is -0.388 e. The smallest absolute Gasteiger partial charge is 0.208 e. The molecule has 0 spiro atoms. The Kier molecular flexibility index (Phi) is 3.40. The highest BCUT2D eigenvalue weighted by molar-refractivity contribution is 7.98. The van der Waals surface area contributed by atoms with Crippen LogP contribution >= 0.6 is 11.8 Å². The van der Waals surface area contributed by atoms with Crippen molar-refractivity contribution < 1.29 is 0 Å². The Morgan fingerprint density at radius 2 is 2.38 bits per heavy atom. The van der Waals surface area contributed by atoms with E-state index in [9.17, 15) is 0 Å². The van der Waals surface area contributed by atoms with Crippen molar-refractivity contribution in [3.8, 4) is 0 Å². The van der Waals surface area contributed by atoms with Gasteiger partial charge in [0.25, 0.3) is 0 Å². The first kappa shape index (κ1) is 10.9. The van der Waals surface area contributed by atoms with Crippen LogP contribution in [0.5, 0.6) is 0 Å². The molecule has 5 nitrogen and oxygen atoms in total. The van der Waals surface area contributed by atoms with Crippen LogP contribution in [0.4, 0.5) is 5.69 Å². The molecule has 0 bridgehead atoms. The molecule has 0 atom stereocenters. The third-order valence-corrected chi connectivity index (χ3v) is 2.91. The second-order valence-corrected chi connectivity index (χ2v) is 4.22. The predicted octanol–water partition coefficient (Wildman–Crippen LogP) is 1.84. The molecule has 0 unspecified atom stereocenters. The number of hydrogen-bond donors (Lipinski definition) is 2. The summed E-state index contributed by atoms with van der Waals surface area (Å²) in [6, 6.07) is 3.96. The van der Waals surface area contributed by atoms with E-state index in [1.165, 1.54) is 0 Å². The first-order chi connectivity index (χ1) is 7.78. The lowest BCUT2D eigenvalue weighted by molar-refractivity contribution is 0.968. The Morgan fingerprint density at radius 1 is 1.50 bits per heavy atom. The average molecular weight is 235 g/mol. The van der Waals surface area contributed by atoms with Crippen LogP contribution in [0.1, 0.15) is 11.5 Å². The molecule has 6 heteroatoms. The Morgan fingerprint density at radius 3 is 3.06 bits per heavy atom. The fourth-order valence-corrected chi connectivity index (χ4v) is 1.98. The van der Waals surface area contributed by atoms with Crippen LogP contribution in [0.3, 0.4) is 0 Å². The van der Waals surface area contributed by atoms with Gasteiger partial charge < -0.3 is 5.32 Å². The average Bonchev–Trinajstić information content (AvgIpc) is 2.73. The number of aryl methyl sites for hydroxylation is 1. The Labute approximate surface area is 98.1 Å². The summed E-state index contributed by atoms with van der Waals surface area (Å²) in [5.41, 5.74) is 2.08. The van der Waals surface area contributed by atoms with Crippen molar-refractivity contribution in [1.29, 1.82) is 0 Å². The molecule has 0 aliphatic carbocycles. The molecule has 16 heavy (non-hydrogen) atoms. The molecule has 2 N–H and O–H groups in total. The summed E-state index contributed by atoms with van der Waals surface area (Å²) in [5.74, 6) is 1.60. The van der Waals surface area contributed by atoms with Gasteiger partial charge in [0, 0.05) is 24.7 Å². The number of rotatable bonds is 4. The van der Waals surface area contributed by atoms with Crippen LogP contribution in [-0.2, 0) is 5.75 Å². The highest BCUT2D eigenvalue weighted by atomic mass is 32.2. The van der Waals surface area contributed by atoms with E-state index in [4.69, 9.17) is 0 Å². The number of nitrogens with zero attached hydrogens (tertiary/aromatic N) is 3. The van der Waals surface area contributed by atoms with Crippen molar-refractivity contribution in [2.24, 2.45) is 0 Å². The maximum absolute atomic E-state index is 4.28. The lowest BCUT2D eigenvalue weighted by Crippen LogP contribution is -1.92. The topological polar surface area (TPSA) is 66.5 Å². The van der Waals surface area contributed by atoms with Crippen molar-refractivity contribution in [3.63, 3.8) is 0 Å². The van der Waals surface area contributed by atoms with Gasteiger partial charge in [0.05, 0.1) is 5.69 Å². The van der Waals surface area contributed by atoms with E-state index >= 15 is 0 Å². The van der Waals surface area contributed by atoms with E-state index < -0.39 is 0 Å². The van der Waals surface area contributed by atoms with Crippen LogP contribution in [0.15, 0.2) is 23.5 Å².